The lowest BCUT2D eigenvalue weighted by atomic mass is 10.1. The van der Waals surface area contributed by atoms with Gasteiger partial charge in [0.2, 0.25) is 0 Å². The quantitative estimate of drug-likeness (QED) is 0.210. The van der Waals surface area contributed by atoms with Gasteiger partial charge in [0, 0.05) is 44.7 Å². The van der Waals surface area contributed by atoms with Gasteiger partial charge in [0.1, 0.15) is 5.01 Å². The van der Waals surface area contributed by atoms with E-state index in [0.29, 0.717) is 12.6 Å². The van der Waals surface area contributed by atoms with Crippen LogP contribution in [0.25, 0.3) is 0 Å². The van der Waals surface area contributed by atoms with Crippen LogP contribution in [-0.2, 0) is 17.8 Å². The van der Waals surface area contributed by atoms with E-state index in [1.165, 1.54) is 10.4 Å². The fourth-order valence-electron chi connectivity index (χ4n) is 3.60. The van der Waals surface area contributed by atoms with Crippen molar-refractivity contribution in [3.05, 3.63) is 51.5 Å². The van der Waals surface area contributed by atoms with Crippen molar-refractivity contribution in [3.8, 4) is 0 Å². The van der Waals surface area contributed by atoms with Gasteiger partial charge in [-0.3, -0.25) is 9.89 Å². The van der Waals surface area contributed by atoms with Gasteiger partial charge < -0.3 is 15.4 Å². The molecule has 2 N–H and O–H groups in total. The van der Waals surface area contributed by atoms with Crippen LogP contribution in [0.4, 0.5) is 0 Å². The van der Waals surface area contributed by atoms with E-state index >= 15 is 0 Å². The number of aliphatic imine (C=N–C) groups is 1. The molecule has 0 bridgehead atoms. The Hall–Kier alpha value is -1.23. The highest BCUT2D eigenvalue weighted by Gasteiger charge is 2.19. The number of thiazole rings is 1. The molecule has 0 atom stereocenters. The van der Waals surface area contributed by atoms with E-state index in [4.69, 9.17) is 4.74 Å². The average molecular weight is 558 g/mol. The van der Waals surface area contributed by atoms with Gasteiger partial charge in [-0.15, -0.1) is 35.3 Å². The van der Waals surface area contributed by atoms with E-state index in [-0.39, 0.29) is 24.0 Å². The van der Waals surface area contributed by atoms with Crippen molar-refractivity contribution in [2.45, 2.75) is 52.3 Å². The molecule has 1 aliphatic heterocycles. The normalized spacial score (nSPS) is 15.5. The Morgan fingerprint density at radius 3 is 2.58 bits per heavy atom. The van der Waals surface area contributed by atoms with Crippen molar-refractivity contribution in [2.24, 2.45) is 4.99 Å². The van der Waals surface area contributed by atoms with Gasteiger partial charge in [-0.25, -0.2) is 4.98 Å². The van der Waals surface area contributed by atoms with Gasteiger partial charge in [-0.2, -0.15) is 0 Å². The first-order valence-electron chi connectivity index (χ1n) is 10.9. The third-order valence-corrected chi connectivity index (χ3v) is 6.53. The third kappa shape index (κ3) is 9.03. The summed E-state index contributed by atoms with van der Waals surface area (Å²) >= 11 is 1.74. The number of hydrogen-bond acceptors (Lipinski definition) is 5. The van der Waals surface area contributed by atoms with Crippen molar-refractivity contribution >= 4 is 41.3 Å². The second-order valence-electron chi connectivity index (χ2n) is 7.79. The smallest absolute Gasteiger partial charge is 0.191 e. The topological polar surface area (TPSA) is 61.8 Å². The van der Waals surface area contributed by atoms with Crippen LogP contribution in [-0.4, -0.2) is 55.2 Å². The number of guanidine groups is 1. The first-order chi connectivity index (χ1) is 14.6. The summed E-state index contributed by atoms with van der Waals surface area (Å²) in [6, 6.07) is 10.7. The fourth-order valence-corrected chi connectivity index (χ4v) is 4.47. The predicted octanol–water partition coefficient (Wildman–Crippen LogP) is 4.11. The summed E-state index contributed by atoms with van der Waals surface area (Å²) in [5, 5.41) is 7.78. The fraction of sp³-hybridized carbons (Fsp3) is 0.565. The van der Waals surface area contributed by atoms with Crippen molar-refractivity contribution in [2.75, 3.05) is 33.3 Å². The van der Waals surface area contributed by atoms with Crippen LogP contribution < -0.4 is 10.6 Å². The lowest BCUT2D eigenvalue weighted by Gasteiger charge is -2.32. The van der Waals surface area contributed by atoms with Crippen LogP contribution >= 0.6 is 35.3 Å². The Morgan fingerprint density at radius 1 is 1.19 bits per heavy atom. The first-order valence-corrected chi connectivity index (χ1v) is 11.7. The maximum atomic E-state index is 6.11. The molecule has 1 aliphatic rings. The molecule has 3 rings (SSSR count). The molecule has 0 radical (unpaired) electrons. The maximum Gasteiger partial charge on any atom is 0.191 e. The van der Waals surface area contributed by atoms with E-state index < -0.39 is 0 Å². The Kier molecular flexibility index (Phi) is 11.8. The standard InChI is InChI=1S/C23H35N5OS.HI/c1-18-19(2)30-22(27-18)16-26-23(24-3)25-12-7-15-29-21-10-13-28(14-11-21)17-20-8-5-4-6-9-20;/h4-6,8-9,21H,7,10-17H2,1-3H3,(H2,24,25,26);1H. The number of nitrogens with zero attached hydrogens (tertiary/aromatic N) is 3. The second-order valence-corrected chi connectivity index (χ2v) is 9.07. The highest BCUT2D eigenvalue weighted by atomic mass is 127. The van der Waals surface area contributed by atoms with Gasteiger partial charge in [-0.1, -0.05) is 30.3 Å². The number of likely N-dealkylation sites (tertiary alicyclic amines) is 1. The molecule has 2 heterocycles. The molecule has 8 heteroatoms. The number of ether oxygens (including phenoxy) is 1. The highest BCUT2D eigenvalue weighted by Crippen LogP contribution is 2.17. The maximum absolute atomic E-state index is 6.11. The van der Waals surface area contributed by atoms with E-state index in [0.717, 1.165) is 68.7 Å². The number of piperidine rings is 1. The first kappa shape index (κ1) is 26.0. The Morgan fingerprint density at radius 2 is 1.94 bits per heavy atom. The highest BCUT2D eigenvalue weighted by molar-refractivity contribution is 14.0. The van der Waals surface area contributed by atoms with E-state index in [1.807, 2.05) is 0 Å². The van der Waals surface area contributed by atoms with Crippen LogP contribution in [0, 0.1) is 13.8 Å². The van der Waals surface area contributed by atoms with Crippen molar-refractivity contribution in [1.82, 2.24) is 20.5 Å². The number of benzene rings is 1. The number of rotatable bonds is 9. The zero-order chi connectivity index (χ0) is 21.2. The molecule has 1 fully saturated rings. The Balaban J connectivity index is 0.00000341. The second kappa shape index (κ2) is 14.0. The monoisotopic (exact) mass is 557 g/mol. The SMILES string of the molecule is CN=C(NCCCOC1CCN(Cc2ccccc2)CC1)NCc1nc(C)c(C)s1.I. The third-order valence-electron chi connectivity index (χ3n) is 5.45. The molecule has 0 spiro atoms. The zero-order valence-electron chi connectivity index (χ0n) is 18.9. The van der Waals surface area contributed by atoms with Crippen LogP contribution in [0.2, 0.25) is 0 Å². The molecule has 0 aliphatic carbocycles. The summed E-state index contributed by atoms with van der Waals surface area (Å²) in [4.78, 5) is 12.6. The van der Waals surface area contributed by atoms with Crippen LogP contribution in [0.3, 0.4) is 0 Å². The number of hydrogen-bond donors (Lipinski definition) is 2. The number of aryl methyl sites for hydroxylation is 2. The van der Waals surface area contributed by atoms with Gasteiger partial charge in [0.05, 0.1) is 18.3 Å². The number of nitrogens with one attached hydrogen (secondary N) is 2. The minimum absolute atomic E-state index is 0. The van der Waals surface area contributed by atoms with E-state index in [1.54, 1.807) is 18.4 Å². The zero-order valence-corrected chi connectivity index (χ0v) is 22.0. The van der Waals surface area contributed by atoms with Crippen LogP contribution in [0.5, 0.6) is 0 Å². The van der Waals surface area contributed by atoms with Gasteiger partial charge in [0.25, 0.3) is 0 Å². The largest absolute Gasteiger partial charge is 0.378 e. The van der Waals surface area contributed by atoms with Gasteiger partial charge in [-0.05, 0) is 38.7 Å². The summed E-state index contributed by atoms with van der Waals surface area (Å²) in [7, 11) is 1.80. The predicted molar refractivity (Wildman–Crippen MR) is 141 cm³/mol. The molecule has 1 aromatic carbocycles. The summed E-state index contributed by atoms with van der Waals surface area (Å²) < 4.78 is 6.11. The van der Waals surface area contributed by atoms with Crippen molar-refractivity contribution in [1.29, 1.82) is 0 Å². The van der Waals surface area contributed by atoms with Crippen LogP contribution in [0.15, 0.2) is 35.3 Å². The molecule has 1 aromatic heterocycles. The molecule has 0 unspecified atom stereocenters. The summed E-state index contributed by atoms with van der Waals surface area (Å²) in [6.07, 6.45) is 3.61. The Labute approximate surface area is 207 Å². The molecule has 31 heavy (non-hydrogen) atoms. The molecular formula is C23H36IN5OS. The van der Waals surface area contributed by atoms with Crippen molar-refractivity contribution < 1.29 is 4.74 Å². The van der Waals surface area contributed by atoms with Crippen molar-refractivity contribution in [3.63, 3.8) is 0 Å². The summed E-state index contributed by atoms with van der Waals surface area (Å²) in [5.41, 5.74) is 2.51. The molecule has 0 amide bonds. The molecular weight excluding hydrogens is 521 g/mol. The van der Waals surface area contributed by atoms with Gasteiger partial charge >= 0.3 is 0 Å². The lowest BCUT2D eigenvalue weighted by Crippen LogP contribution is -2.38. The lowest BCUT2D eigenvalue weighted by molar-refractivity contribution is 0.00534. The average Bonchev–Trinajstić information content (AvgIpc) is 3.09. The minimum atomic E-state index is 0. The summed E-state index contributed by atoms with van der Waals surface area (Å²) in [5.74, 6) is 0.815. The minimum Gasteiger partial charge on any atom is -0.378 e. The molecule has 0 saturated carbocycles. The van der Waals surface area contributed by atoms with E-state index in [9.17, 15) is 0 Å². The molecule has 1 saturated heterocycles. The van der Waals surface area contributed by atoms with Gasteiger partial charge in [0.15, 0.2) is 5.96 Å². The summed E-state index contributed by atoms with van der Waals surface area (Å²) in [6.45, 7) is 9.78. The number of aromatic nitrogens is 1. The molecule has 172 valence electrons. The molecule has 6 nitrogen and oxygen atoms in total. The van der Waals surface area contributed by atoms with E-state index in [2.05, 4.69) is 69.7 Å². The Bertz CT molecular complexity index is 771. The number of halogens is 1. The molecule has 2 aromatic rings. The van der Waals surface area contributed by atoms with Crippen LogP contribution in [0.1, 0.15) is 40.4 Å².